The van der Waals surface area contributed by atoms with E-state index in [4.69, 9.17) is 9.90 Å². The lowest BCUT2D eigenvalue weighted by Gasteiger charge is -2.34. The van der Waals surface area contributed by atoms with Crippen molar-refractivity contribution in [1.29, 1.82) is 0 Å². The standard InChI is InChI=1S/C19H21BrN2O4S.C2HF3O2/c1-13-3-2-10-22(12-13)18-9-4-14(19(23)24)11-17(18)21-27(25,26)16-7-5-15(20)6-8-16;3-2(4,5)1(6)7/h4-9,11,13,21H,2-3,10,12H2,1H3,(H,23,24);(H,6,7). The lowest BCUT2D eigenvalue weighted by atomic mass is 9.99. The molecule has 1 fully saturated rings. The molecule has 0 bridgehead atoms. The minimum absolute atomic E-state index is 0.0392. The first kappa shape index (κ1) is 27.4. The van der Waals surface area contributed by atoms with Gasteiger partial charge in [-0.15, -0.1) is 0 Å². The Morgan fingerprint density at radius 3 is 2.21 bits per heavy atom. The van der Waals surface area contributed by atoms with E-state index in [9.17, 15) is 31.5 Å². The molecule has 2 aromatic rings. The van der Waals surface area contributed by atoms with Crippen LogP contribution in [0.2, 0.25) is 0 Å². The first-order valence-electron chi connectivity index (χ1n) is 9.91. The van der Waals surface area contributed by atoms with E-state index in [0.29, 0.717) is 11.6 Å². The summed E-state index contributed by atoms with van der Waals surface area (Å²) in [5, 5.41) is 16.4. The third-order valence-electron chi connectivity index (χ3n) is 4.85. The fourth-order valence-electron chi connectivity index (χ4n) is 3.25. The van der Waals surface area contributed by atoms with Gasteiger partial charge in [0, 0.05) is 17.6 Å². The molecular weight excluding hydrogens is 545 g/mol. The molecule has 1 atom stereocenters. The van der Waals surface area contributed by atoms with Gasteiger partial charge >= 0.3 is 18.1 Å². The second-order valence-corrected chi connectivity index (χ2v) is 10.2. The number of piperidine rings is 1. The number of benzene rings is 2. The number of alkyl halides is 3. The van der Waals surface area contributed by atoms with Crippen molar-refractivity contribution in [2.45, 2.75) is 30.8 Å². The highest BCUT2D eigenvalue weighted by Crippen LogP contribution is 2.32. The molecule has 0 amide bonds. The van der Waals surface area contributed by atoms with E-state index in [1.54, 1.807) is 18.2 Å². The molecule has 186 valence electrons. The molecule has 0 spiro atoms. The highest BCUT2D eigenvalue weighted by Gasteiger charge is 2.38. The molecule has 13 heteroatoms. The van der Waals surface area contributed by atoms with Crippen molar-refractivity contribution in [3.05, 3.63) is 52.5 Å². The number of carbonyl (C=O) groups is 2. The summed E-state index contributed by atoms with van der Waals surface area (Å²) in [6, 6.07) is 10.9. The molecule has 1 aliphatic heterocycles. The molecule has 1 unspecified atom stereocenters. The fraction of sp³-hybridized carbons (Fsp3) is 0.333. The molecule has 3 rings (SSSR count). The third-order valence-corrected chi connectivity index (χ3v) is 6.76. The Balaban J connectivity index is 0.000000509. The summed E-state index contributed by atoms with van der Waals surface area (Å²) >= 11 is 3.29. The Morgan fingerprint density at radius 1 is 1.12 bits per heavy atom. The van der Waals surface area contributed by atoms with Crippen LogP contribution in [0.1, 0.15) is 30.1 Å². The number of anilines is 2. The number of carboxylic acids is 2. The van der Waals surface area contributed by atoms with Crippen LogP contribution in [0.25, 0.3) is 0 Å². The summed E-state index contributed by atoms with van der Waals surface area (Å²) in [6.45, 7) is 3.77. The number of hydrogen-bond donors (Lipinski definition) is 3. The summed E-state index contributed by atoms with van der Waals surface area (Å²) in [6.07, 6.45) is -2.94. The second kappa shape index (κ2) is 11.1. The summed E-state index contributed by atoms with van der Waals surface area (Å²) in [7, 11) is -3.84. The van der Waals surface area contributed by atoms with Crippen LogP contribution >= 0.6 is 15.9 Å². The maximum atomic E-state index is 12.8. The lowest BCUT2D eigenvalue weighted by Crippen LogP contribution is -2.35. The van der Waals surface area contributed by atoms with Crippen molar-refractivity contribution in [3.8, 4) is 0 Å². The molecule has 1 heterocycles. The van der Waals surface area contributed by atoms with Crippen molar-refractivity contribution in [2.24, 2.45) is 5.92 Å². The lowest BCUT2D eigenvalue weighted by molar-refractivity contribution is -0.192. The van der Waals surface area contributed by atoms with Crippen LogP contribution in [0.3, 0.4) is 0 Å². The van der Waals surface area contributed by atoms with Gasteiger partial charge in [-0.3, -0.25) is 4.72 Å². The number of sulfonamides is 1. The normalized spacial score (nSPS) is 16.3. The monoisotopic (exact) mass is 566 g/mol. The minimum Gasteiger partial charge on any atom is -0.478 e. The summed E-state index contributed by atoms with van der Waals surface area (Å²) in [5.41, 5.74) is 1.02. The Kier molecular flexibility index (Phi) is 8.95. The van der Waals surface area contributed by atoms with Gasteiger partial charge < -0.3 is 15.1 Å². The largest absolute Gasteiger partial charge is 0.490 e. The van der Waals surface area contributed by atoms with Gasteiger partial charge in [0.15, 0.2) is 0 Å². The summed E-state index contributed by atoms with van der Waals surface area (Å²) in [4.78, 5) is 22.5. The first-order chi connectivity index (χ1) is 15.7. The number of nitrogens with zero attached hydrogens (tertiary/aromatic N) is 1. The molecule has 0 aromatic heterocycles. The van der Waals surface area contributed by atoms with Crippen molar-refractivity contribution >= 4 is 49.3 Å². The number of aliphatic carboxylic acids is 1. The maximum Gasteiger partial charge on any atom is 0.490 e. The van der Waals surface area contributed by atoms with Gasteiger partial charge in [0.1, 0.15) is 0 Å². The topological polar surface area (TPSA) is 124 Å². The Labute approximate surface area is 202 Å². The molecule has 0 radical (unpaired) electrons. The van der Waals surface area contributed by atoms with Crippen LogP contribution in [0.5, 0.6) is 0 Å². The SMILES string of the molecule is CC1CCCN(c2ccc(C(=O)O)cc2NS(=O)(=O)c2ccc(Br)cc2)C1.O=C(O)C(F)(F)F. The maximum absolute atomic E-state index is 12.8. The summed E-state index contributed by atoms with van der Waals surface area (Å²) < 4.78 is 60.7. The van der Waals surface area contributed by atoms with E-state index in [1.807, 2.05) is 0 Å². The van der Waals surface area contributed by atoms with E-state index >= 15 is 0 Å². The first-order valence-corrected chi connectivity index (χ1v) is 12.2. The Morgan fingerprint density at radius 2 is 1.71 bits per heavy atom. The zero-order chi connectivity index (χ0) is 25.7. The van der Waals surface area contributed by atoms with Gasteiger partial charge in [-0.25, -0.2) is 18.0 Å². The number of hydrogen-bond acceptors (Lipinski definition) is 5. The molecule has 8 nitrogen and oxygen atoms in total. The Hall–Kier alpha value is -2.80. The number of nitrogens with one attached hydrogen (secondary N) is 1. The van der Waals surface area contributed by atoms with Crippen LogP contribution < -0.4 is 9.62 Å². The number of carboxylic acid groups (broad SMARTS) is 2. The van der Waals surface area contributed by atoms with Crippen LogP contribution in [-0.2, 0) is 14.8 Å². The van der Waals surface area contributed by atoms with Crippen molar-refractivity contribution in [1.82, 2.24) is 0 Å². The fourth-order valence-corrected chi connectivity index (χ4v) is 4.58. The highest BCUT2D eigenvalue weighted by molar-refractivity contribution is 9.10. The summed E-state index contributed by atoms with van der Waals surface area (Å²) in [5.74, 6) is -3.36. The molecular formula is C21H22BrF3N2O6S. The number of aromatic carboxylic acids is 1. The van der Waals surface area contributed by atoms with Gasteiger partial charge in [-0.2, -0.15) is 13.2 Å². The van der Waals surface area contributed by atoms with Gasteiger partial charge in [0.25, 0.3) is 10.0 Å². The average Bonchev–Trinajstić information content (AvgIpc) is 2.73. The van der Waals surface area contributed by atoms with E-state index in [-0.39, 0.29) is 16.1 Å². The van der Waals surface area contributed by atoms with Crippen molar-refractivity contribution < 1.29 is 41.4 Å². The van der Waals surface area contributed by atoms with Crippen LogP contribution in [0.4, 0.5) is 24.5 Å². The zero-order valence-electron chi connectivity index (χ0n) is 17.8. The van der Waals surface area contributed by atoms with Crippen LogP contribution in [0.15, 0.2) is 51.8 Å². The Bertz CT molecular complexity index is 1140. The molecule has 0 saturated carbocycles. The van der Waals surface area contributed by atoms with E-state index in [1.165, 1.54) is 24.3 Å². The van der Waals surface area contributed by atoms with E-state index < -0.39 is 28.1 Å². The predicted molar refractivity (Wildman–Crippen MR) is 123 cm³/mol. The predicted octanol–water partition coefficient (Wildman–Crippen LogP) is 4.82. The smallest absolute Gasteiger partial charge is 0.478 e. The van der Waals surface area contributed by atoms with Gasteiger partial charge in [-0.05, 0) is 61.2 Å². The van der Waals surface area contributed by atoms with Crippen molar-refractivity contribution in [2.75, 3.05) is 22.7 Å². The molecule has 1 saturated heterocycles. The molecule has 2 aromatic carbocycles. The molecule has 1 aliphatic rings. The minimum atomic E-state index is -5.08. The molecule has 3 N–H and O–H groups in total. The second-order valence-electron chi connectivity index (χ2n) is 7.59. The molecule has 34 heavy (non-hydrogen) atoms. The third kappa shape index (κ3) is 7.62. The average molecular weight is 567 g/mol. The molecule has 0 aliphatic carbocycles. The van der Waals surface area contributed by atoms with Crippen molar-refractivity contribution in [3.63, 3.8) is 0 Å². The highest BCUT2D eigenvalue weighted by atomic mass is 79.9. The van der Waals surface area contributed by atoms with Crippen LogP contribution in [0, 0.1) is 5.92 Å². The van der Waals surface area contributed by atoms with Crippen LogP contribution in [-0.4, -0.2) is 49.8 Å². The van der Waals surface area contributed by atoms with Gasteiger partial charge in [0.2, 0.25) is 0 Å². The van der Waals surface area contributed by atoms with E-state index in [2.05, 4.69) is 32.5 Å². The van der Waals surface area contributed by atoms with E-state index in [0.717, 1.165) is 30.4 Å². The van der Waals surface area contributed by atoms with Gasteiger partial charge in [0.05, 0.1) is 21.8 Å². The number of halogens is 4. The quantitative estimate of drug-likeness (QED) is 0.474. The zero-order valence-corrected chi connectivity index (χ0v) is 20.2. The number of rotatable bonds is 5. The van der Waals surface area contributed by atoms with Gasteiger partial charge in [-0.1, -0.05) is 22.9 Å².